The molecule has 0 aliphatic heterocycles. The second-order valence-corrected chi connectivity index (χ2v) is 11.9. The first-order chi connectivity index (χ1) is 19.6. The summed E-state index contributed by atoms with van der Waals surface area (Å²) in [5.41, 5.74) is 9.70. The SMILES string of the molecule is COC(=O)N(C)C1CCC(CC(=O)Nc2cc(-c3ccccc3)c(-c3ccc([C@]4(N)C[C@](C)(O)C4)cc3)nn2)CC1. The van der Waals surface area contributed by atoms with Crippen molar-refractivity contribution in [1.82, 2.24) is 15.1 Å². The molecule has 2 aliphatic carbocycles. The lowest BCUT2D eigenvalue weighted by atomic mass is 9.63. The summed E-state index contributed by atoms with van der Waals surface area (Å²) in [7, 11) is 3.15. The Hall–Kier alpha value is -3.82. The van der Waals surface area contributed by atoms with Gasteiger partial charge in [0.25, 0.3) is 0 Å². The van der Waals surface area contributed by atoms with Crippen LogP contribution in [0.1, 0.15) is 57.4 Å². The third kappa shape index (κ3) is 6.41. The van der Waals surface area contributed by atoms with Crippen LogP contribution in [-0.2, 0) is 15.1 Å². The van der Waals surface area contributed by atoms with E-state index in [2.05, 4.69) is 15.5 Å². The molecular weight excluding hydrogens is 518 g/mol. The lowest BCUT2D eigenvalue weighted by Crippen LogP contribution is -2.58. The Balaban J connectivity index is 1.29. The molecule has 1 heterocycles. The normalized spacial score (nSPS) is 25.6. The molecule has 9 heteroatoms. The molecule has 2 fully saturated rings. The molecule has 5 rings (SSSR count). The van der Waals surface area contributed by atoms with Crippen molar-refractivity contribution in [3.8, 4) is 22.4 Å². The Morgan fingerprint density at radius 1 is 1.02 bits per heavy atom. The Kier molecular flexibility index (Phi) is 8.11. The predicted octanol–water partition coefficient (Wildman–Crippen LogP) is 5.10. The zero-order chi connectivity index (χ0) is 29.2. The molecule has 0 unspecified atom stereocenters. The van der Waals surface area contributed by atoms with E-state index in [0.717, 1.165) is 47.9 Å². The lowest BCUT2D eigenvalue weighted by Gasteiger charge is -2.49. The number of methoxy groups -OCH3 is 1. The van der Waals surface area contributed by atoms with Gasteiger partial charge in [0, 0.05) is 36.2 Å². The maximum atomic E-state index is 13.0. The third-order valence-electron chi connectivity index (χ3n) is 8.57. The minimum absolute atomic E-state index is 0.0928. The number of nitrogens with two attached hydrogens (primary N) is 1. The van der Waals surface area contributed by atoms with Gasteiger partial charge in [0.05, 0.1) is 12.7 Å². The van der Waals surface area contributed by atoms with Gasteiger partial charge in [-0.05, 0) is 68.6 Å². The van der Waals surface area contributed by atoms with E-state index in [-0.39, 0.29) is 24.0 Å². The van der Waals surface area contributed by atoms with Gasteiger partial charge in [-0.2, -0.15) is 0 Å². The number of benzene rings is 2. The Bertz CT molecular complexity index is 1380. The summed E-state index contributed by atoms with van der Waals surface area (Å²) in [6, 6.07) is 19.9. The number of aliphatic hydroxyl groups is 1. The van der Waals surface area contributed by atoms with Crippen molar-refractivity contribution in [3.63, 3.8) is 0 Å². The van der Waals surface area contributed by atoms with Crippen molar-refractivity contribution in [2.24, 2.45) is 11.7 Å². The number of amides is 2. The van der Waals surface area contributed by atoms with E-state index in [0.29, 0.717) is 30.8 Å². The van der Waals surface area contributed by atoms with Gasteiger partial charge in [-0.15, -0.1) is 10.2 Å². The van der Waals surface area contributed by atoms with Gasteiger partial charge in [0.1, 0.15) is 5.69 Å². The molecule has 216 valence electrons. The Morgan fingerprint density at radius 3 is 2.29 bits per heavy atom. The summed E-state index contributed by atoms with van der Waals surface area (Å²) < 4.78 is 4.83. The van der Waals surface area contributed by atoms with Crippen LogP contribution in [0, 0.1) is 5.92 Å². The summed E-state index contributed by atoms with van der Waals surface area (Å²) in [6.07, 6.45) is 4.55. The second-order valence-electron chi connectivity index (χ2n) is 11.9. The van der Waals surface area contributed by atoms with Gasteiger partial charge >= 0.3 is 6.09 Å². The van der Waals surface area contributed by atoms with Crippen LogP contribution < -0.4 is 11.1 Å². The Labute approximate surface area is 241 Å². The van der Waals surface area contributed by atoms with Gasteiger partial charge in [-0.1, -0.05) is 54.6 Å². The maximum Gasteiger partial charge on any atom is 0.409 e. The summed E-state index contributed by atoms with van der Waals surface area (Å²) in [6.45, 7) is 1.81. The van der Waals surface area contributed by atoms with E-state index in [9.17, 15) is 14.7 Å². The van der Waals surface area contributed by atoms with Crippen LogP contribution in [0.2, 0.25) is 0 Å². The summed E-state index contributed by atoms with van der Waals surface area (Å²) in [4.78, 5) is 26.4. The molecule has 1 aromatic heterocycles. The number of nitrogens with one attached hydrogen (secondary N) is 1. The first-order valence-corrected chi connectivity index (χ1v) is 14.2. The number of rotatable bonds is 7. The van der Waals surface area contributed by atoms with E-state index in [1.165, 1.54) is 7.11 Å². The summed E-state index contributed by atoms with van der Waals surface area (Å²) >= 11 is 0. The van der Waals surface area contributed by atoms with Gasteiger partial charge in [0.2, 0.25) is 5.91 Å². The minimum Gasteiger partial charge on any atom is -0.453 e. The molecule has 0 bridgehead atoms. The lowest BCUT2D eigenvalue weighted by molar-refractivity contribution is -0.117. The van der Waals surface area contributed by atoms with Crippen LogP contribution in [0.25, 0.3) is 22.4 Å². The molecular formula is C32H39N5O4. The van der Waals surface area contributed by atoms with Crippen molar-refractivity contribution in [2.75, 3.05) is 19.5 Å². The third-order valence-corrected chi connectivity index (χ3v) is 8.57. The van der Waals surface area contributed by atoms with E-state index < -0.39 is 11.1 Å². The molecule has 0 radical (unpaired) electrons. The van der Waals surface area contributed by atoms with Crippen molar-refractivity contribution >= 4 is 17.8 Å². The minimum atomic E-state index is -0.722. The molecule has 2 aromatic carbocycles. The van der Waals surface area contributed by atoms with Crippen LogP contribution in [0.4, 0.5) is 10.6 Å². The topological polar surface area (TPSA) is 131 Å². The fourth-order valence-corrected chi connectivity index (χ4v) is 6.46. The largest absolute Gasteiger partial charge is 0.453 e. The number of nitrogens with zero attached hydrogens (tertiary/aromatic N) is 3. The number of anilines is 1. The summed E-state index contributed by atoms with van der Waals surface area (Å²) in [5, 5.41) is 22.1. The zero-order valence-corrected chi connectivity index (χ0v) is 24.0. The first-order valence-electron chi connectivity index (χ1n) is 14.2. The number of aromatic nitrogens is 2. The first kappa shape index (κ1) is 28.7. The number of carbonyl (C=O) groups is 2. The van der Waals surface area contributed by atoms with E-state index in [4.69, 9.17) is 10.5 Å². The monoisotopic (exact) mass is 557 g/mol. The van der Waals surface area contributed by atoms with Crippen LogP contribution in [0.3, 0.4) is 0 Å². The van der Waals surface area contributed by atoms with Crippen molar-refractivity contribution in [3.05, 3.63) is 66.2 Å². The molecule has 0 saturated heterocycles. The van der Waals surface area contributed by atoms with Crippen LogP contribution in [-0.4, -0.2) is 58.0 Å². The summed E-state index contributed by atoms with van der Waals surface area (Å²) in [5.74, 6) is 0.567. The fraction of sp³-hybridized carbons (Fsp3) is 0.438. The van der Waals surface area contributed by atoms with Gasteiger partial charge < -0.3 is 25.8 Å². The molecule has 0 atom stereocenters. The fourth-order valence-electron chi connectivity index (χ4n) is 6.46. The second kappa shape index (κ2) is 11.6. The highest BCUT2D eigenvalue weighted by Crippen LogP contribution is 2.46. The predicted molar refractivity (Wildman–Crippen MR) is 158 cm³/mol. The highest BCUT2D eigenvalue weighted by Gasteiger charge is 2.49. The van der Waals surface area contributed by atoms with Crippen molar-refractivity contribution in [2.45, 2.75) is 69.1 Å². The molecule has 41 heavy (non-hydrogen) atoms. The van der Waals surface area contributed by atoms with Gasteiger partial charge in [0.15, 0.2) is 5.82 Å². The quantitative estimate of drug-likeness (QED) is 0.369. The van der Waals surface area contributed by atoms with Crippen LogP contribution in [0.5, 0.6) is 0 Å². The van der Waals surface area contributed by atoms with Crippen LogP contribution >= 0.6 is 0 Å². The van der Waals surface area contributed by atoms with Crippen molar-refractivity contribution in [1.29, 1.82) is 0 Å². The van der Waals surface area contributed by atoms with E-state index in [1.807, 2.05) is 67.6 Å². The highest BCUT2D eigenvalue weighted by molar-refractivity contribution is 5.91. The molecule has 4 N–H and O–H groups in total. The maximum absolute atomic E-state index is 13.0. The molecule has 2 amide bonds. The number of hydrogen-bond donors (Lipinski definition) is 3. The molecule has 2 aliphatic rings. The average molecular weight is 558 g/mol. The van der Waals surface area contributed by atoms with Gasteiger partial charge in [-0.3, -0.25) is 4.79 Å². The molecule has 0 spiro atoms. The van der Waals surface area contributed by atoms with Crippen LogP contribution in [0.15, 0.2) is 60.7 Å². The van der Waals surface area contributed by atoms with Crippen molar-refractivity contribution < 1.29 is 19.4 Å². The zero-order valence-electron chi connectivity index (χ0n) is 24.0. The number of hydrogen-bond acceptors (Lipinski definition) is 7. The standard InChI is InChI=1S/C32H39N5O4/c1-31(40)19-32(33,20-31)24-13-11-23(12-14-24)29-26(22-7-5-4-6-8-22)18-27(35-36-29)34-28(38)17-21-9-15-25(16-10-21)37(2)30(39)41-3/h4-8,11-14,18,21,25,40H,9-10,15-17,19-20,33H2,1-3H3,(H,34,35,38)/t21?,25?,31-,32-. The molecule has 9 nitrogen and oxygen atoms in total. The molecule has 2 saturated carbocycles. The smallest absolute Gasteiger partial charge is 0.409 e. The number of ether oxygens (including phenoxy) is 1. The van der Waals surface area contributed by atoms with E-state index in [1.54, 1.807) is 11.9 Å². The molecule has 3 aromatic rings. The number of carbonyl (C=O) groups excluding carboxylic acids is 2. The van der Waals surface area contributed by atoms with Gasteiger partial charge in [-0.25, -0.2) is 4.79 Å². The Morgan fingerprint density at radius 2 is 1.68 bits per heavy atom. The highest BCUT2D eigenvalue weighted by atomic mass is 16.5. The average Bonchev–Trinajstić information content (AvgIpc) is 2.96. The van der Waals surface area contributed by atoms with E-state index >= 15 is 0 Å².